The van der Waals surface area contributed by atoms with Crippen LogP contribution in [0.1, 0.15) is 30.9 Å². The van der Waals surface area contributed by atoms with Gasteiger partial charge in [0.2, 0.25) is 5.82 Å². The van der Waals surface area contributed by atoms with Gasteiger partial charge in [0.15, 0.2) is 12.3 Å². The second-order valence-electron chi connectivity index (χ2n) is 6.39. The molecule has 0 fully saturated rings. The van der Waals surface area contributed by atoms with Crippen molar-refractivity contribution >= 4 is 11.7 Å². The molecule has 1 N–H and O–H groups in total. The first kappa shape index (κ1) is 17.7. The van der Waals surface area contributed by atoms with Gasteiger partial charge < -0.3 is 10.1 Å². The molecule has 3 aromatic rings. The van der Waals surface area contributed by atoms with Crippen molar-refractivity contribution in [3.05, 3.63) is 59.7 Å². The average Bonchev–Trinajstić information content (AvgIpc) is 3.09. The average molecular weight is 351 g/mol. The summed E-state index contributed by atoms with van der Waals surface area (Å²) in [7, 11) is 0. The summed E-state index contributed by atoms with van der Waals surface area (Å²) < 4.78 is 10.3. The first-order valence-electron chi connectivity index (χ1n) is 8.45. The first-order chi connectivity index (χ1) is 12.5. The minimum Gasteiger partial charge on any atom is -0.484 e. The van der Waals surface area contributed by atoms with Gasteiger partial charge in [-0.1, -0.05) is 55.8 Å². The molecule has 6 nitrogen and oxygen atoms in total. The molecule has 0 unspecified atom stereocenters. The molecule has 0 bridgehead atoms. The highest BCUT2D eigenvalue weighted by Crippen LogP contribution is 2.24. The second kappa shape index (κ2) is 7.82. The number of ether oxygens (including phenoxy) is 1. The number of amides is 1. The van der Waals surface area contributed by atoms with Crippen LogP contribution in [0.4, 0.5) is 5.82 Å². The fourth-order valence-electron chi connectivity index (χ4n) is 2.44. The normalized spacial score (nSPS) is 10.8. The Labute approximate surface area is 152 Å². The number of benzene rings is 2. The number of aryl methyl sites for hydroxylation is 1. The highest BCUT2D eigenvalue weighted by molar-refractivity contribution is 5.94. The van der Waals surface area contributed by atoms with E-state index in [0.29, 0.717) is 17.4 Å². The number of hydrogen-bond donors (Lipinski definition) is 1. The number of hydrogen-bond acceptors (Lipinski definition) is 5. The lowest BCUT2D eigenvalue weighted by atomic mass is 10.0. The summed E-state index contributed by atoms with van der Waals surface area (Å²) in [6.07, 6.45) is 0. The van der Waals surface area contributed by atoms with Gasteiger partial charge in [-0.05, 0) is 40.9 Å². The van der Waals surface area contributed by atoms with Gasteiger partial charge in [0.1, 0.15) is 5.75 Å². The number of aromatic nitrogens is 2. The monoisotopic (exact) mass is 351 g/mol. The number of carbonyl (C=O) groups excluding carboxylic acids is 1. The van der Waals surface area contributed by atoms with Gasteiger partial charge in [-0.3, -0.25) is 4.79 Å². The molecular weight excluding hydrogens is 330 g/mol. The predicted octanol–water partition coefficient (Wildman–Crippen LogP) is 4.19. The maximum Gasteiger partial charge on any atom is 0.263 e. The molecule has 6 heteroatoms. The van der Waals surface area contributed by atoms with Crippen LogP contribution in [0.2, 0.25) is 0 Å². The van der Waals surface area contributed by atoms with E-state index < -0.39 is 0 Å². The van der Waals surface area contributed by atoms with Crippen LogP contribution >= 0.6 is 0 Å². The lowest BCUT2D eigenvalue weighted by molar-refractivity contribution is -0.118. The summed E-state index contributed by atoms with van der Waals surface area (Å²) in [5, 5.41) is 10.3. The van der Waals surface area contributed by atoms with E-state index in [9.17, 15) is 4.79 Å². The van der Waals surface area contributed by atoms with Gasteiger partial charge >= 0.3 is 0 Å². The third-order valence-corrected chi connectivity index (χ3v) is 3.99. The topological polar surface area (TPSA) is 77.3 Å². The largest absolute Gasteiger partial charge is 0.484 e. The maximum absolute atomic E-state index is 12.2. The van der Waals surface area contributed by atoms with E-state index in [-0.39, 0.29) is 18.3 Å². The molecule has 1 heterocycles. The Hall–Kier alpha value is -3.15. The first-order valence-corrected chi connectivity index (χ1v) is 8.45. The molecule has 2 aromatic carbocycles. The van der Waals surface area contributed by atoms with E-state index in [1.807, 2.05) is 55.5 Å². The number of rotatable bonds is 6. The van der Waals surface area contributed by atoms with E-state index in [1.54, 1.807) is 0 Å². The SMILES string of the molecule is Cc1ccc(-c2nonc2NC(=O)COc2ccc(C(C)C)cc2)cc1. The van der Waals surface area contributed by atoms with E-state index >= 15 is 0 Å². The molecular formula is C20H21N3O3. The van der Waals surface area contributed by atoms with Crippen molar-refractivity contribution in [2.75, 3.05) is 11.9 Å². The number of nitrogens with one attached hydrogen (secondary N) is 1. The Bertz CT molecular complexity index is 868. The Kier molecular flexibility index (Phi) is 5.31. The molecule has 0 saturated carbocycles. The van der Waals surface area contributed by atoms with Crippen LogP contribution in [0, 0.1) is 6.92 Å². The minimum atomic E-state index is -0.331. The fourth-order valence-corrected chi connectivity index (χ4v) is 2.44. The van der Waals surface area contributed by atoms with Crippen LogP contribution < -0.4 is 10.1 Å². The van der Waals surface area contributed by atoms with Crippen molar-refractivity contribution in [2.24, 2.45) is 0 Å². The van der Waals surface area contributed by atoms with Gasteiger partial charge in [0, 0.05) is 5.56 Å². The maximum atomic E-state index is 12.2. The lowest BCUT2D eigenvalue weighted by Crippen LogP contribution is -2.20. The summed E-state index contributed by atoms with van der Waals surface area (Å²) in [4.78, 5) is 12.2. The molecule has 0 spiro atoms. The molecule has 1 amide bonds. The standard InChI is InChI=1S/C20H21N3O3/c1-13(2)15-8-10-17(11-9-15)25-12-18(24)21-20-19(22-26-23-20)16-6-4-14(3)5-7-16/h4-11,13H,12H2,1-3H3,(H,21,23,24). The predicted molar refractivity (Wildman–Crippen MR) is 99.1 cm³/mol. The van der Waals surface area contributed by atoms with Crippen LogP contribution in [0.15, 0.2) is 53.2 Å². The molecule has 1 aromatic heterocycles. The summed E-state index contributed by atoms with van der Waals surface area (Å²) in [5.74, 6) is 1.04. The van der Waals surface area contributed by atoms with Crippen LogP contribution in [-0.2, 0) is 4.79 Å². The van der Waals surface area contributed by atoms with Gasteiger partial charge in [0.25, 0.3) is 5.91 Å². The summed E-state index contributed by atoms with van der Waals surface area (Å²) in [6, 6.07) is 15.4. The van der Waals surface area contributed by atoms with Crippen LogP contribution in [-0.4, -0.2) is 22.8 Å². The Morgan fingerprint density at radius 2 is 1.77 bits per heavy atom. The van der Waals surface area contributed by atoms with E-state index in [1.165, 1.54) is 5.56 Å². The summed E-state index contributed by atoms with van der Waals surface area (Å²) in [5.41, 5.74) is 3.66. The Morgan fingerprint density at radius 3 is 2.42 bits per heavy atom. The van der Waals surface area contributed by atoms with Crippen molar-refractivity contribution in [2.45, 2.75) is 26.7 Å². The third kappa shape index (κ3) is 4.27. The Balaban J connectivity index is 1.60. The molecule has 0 aliphatic carbocycles. The zero-order valence-corrected chi connectivity index (χ0v) is 15.0. The van der Waals surface area contributed by atoms with Crippen LogP contribution in [0.5, 0.6) is 5.75 Å². The fraction of sp³-hybridized carbons (Fsp3) is 0.250. The van der Waals surface area contributed by atoms with Gasteiger partial charge in [-0.15, -0.1) is 0 Å². The minimum absolute atomic E-state index is 0.124. The zero-order chi connectivity index (χ0) is 18.5. The zero-order valence-electron chi connectivity index (χ0n) is 15.0. The van der Waals surface area contributed by atoms with Crippen LogP contribution in [0.25, 0.3) is 11.3 Å². The molecule has 0 saturated heterocycles. The van der Waals surface area contributed by atoms with Gasteiger partial charge in [-0.25, -0.2) is 4.63 Å². The van der Waals surface area contributed by atoms with E-state index in [2.05, 4.69) is 29.5 Å². The molecule has 0 aliphatic heterocycles. The molecule has 0 radical (unpaired) electrons. The summed E-state index contributed by atoms with van der Waals surface area (Å²) >= 11 is 0. The van der Waals surface area contributed by atoms with Crippen molar-refractivity contribution in [3.8, 4) is 17.0 Å². The van der Waals surface area contributed by atoms with Crippen molar-refractivity contribution in [1.82, 2.24) is 10.3 Å². The van der Waals surface area contributed by atoms with Crippen molar-refractivity contribution in [1.29, 1.82) is 0 Å². The Morgan fingerprint density at radius 1 is 1.08 bits per heavy atom. The quantitative estimate of drug-likeness (QED) is 0.721. The number of nitrogens with zero attached hydrogens (tertiary/aromatic N) is 2. The highest BCUT2D eigenvalue weighted by atomic mass is 16.6. The third-order valence-electron chi connectivity index (χ3n) is 3.99. The number of carbonyl (C=O) groups is 1. The van der Waals surface area contributed by atoms with E-state index in [4.69, 9.17) is 9.37 Å². The molecule has 3 rings (SSSR count). The molecule has 26 heavy (non-hydrogen) atoms. The molecule has 0 atom stereocenters. The summed E-state index contributed by atoms with van der Waals surface area (Å²) in [6.45, 7) is 6.13. The van der Waals surface area contributed by atoms with E-state index in [0.717, 1.165) is 11.1 Å². The van der Waals surface area contributed by atoms with Crippen molar-refractivity contribution in [3.63, 3.8) is 0 Å². The van der Waals surface area contributed by atoms with Crippen molar-refractivity contribution < 1.29 is 14.2 Å². The lowest BCUT2D eigenvalue weighted by Gasteiger charge is -2.09. The van der Waals surface area contributed by atoms with Gasteiger partial charge in [-0.2, -0.15) is 0 Å². The van der Waals surface area contributed by atoms with Crippen LogP contribution in [0.3, 0.4) is 0 Å². The molecule has 134 valence electrons. The molecule has 0 aliphatic rings. The highest BCUT2D eigenvalue weighted by Gasteiger charge is 2.15. The smallest absolute Gasteiger partial charge is 0.263 e. The van der Waals surface area contributed by atoms with Gasteiger partial charge in [0.05, 0.1) is 0 Å². The second-order valence-corrected chi connectivity index (χ2v) is 6.39. The number of anilines is 1.